The van der Waals surface area contributed by atoms with Gasteiger partial charge in [0.15, 0.2) is 0 Å². The van der Waals surface area contributed by atoms with E-state index in [1.54, 1.807) is 45.4 Å². The molecule has 1 amide bonds. The van der Waals surface area contributed by atoms with E-state index in [1.165, 1.54) is 0 Å². The minimum Gasteiger partial charge on any atom is -0.497 e. The summed E-state index contributed by atoms with van der Waals surface area (Å²) < 4.78 is 16.3. The molecule has 0 aliphatic rings. The molecule has 2 N–H and O–H groups in total. The number of anilines is 2. The number of methoxy groups -OCH3 is 2. The predicted molar refractivity (Wildman–Crippen MR) is 114 cm³/mol. The molecular formula is C23H24N2O4. The van der Waals surface area contributed by atoms with Crippen LogP contribution in [-0.2, 0) is 4.79 Å². The van der Waals surface area contributed by atoms with E-state index in [2.05, 4.69) is 10.6 Å². The third kappa shape index (κ3) is 5.42. The van der Waals surface area contributed by atoms with Gasteiger partial charge in [-0.3, -0.25) is 4.79 Å². The first-order chi connectivity index (χ1) is 14.1. The highest BCUT2D eigenvalue weighted by molar-refractivity contribution is 5.96. The van der Waals surface area contributed by atoms with Crippen LogP contribution < -0.4 is 24.8 Å². The average molecular weight is 392 g/mol. The monoisotopic (exact) mass is 392 g/mol. The van der Waals surface area contributed by atoms with Crippen molar-refractivity contribution in [1.29, 1.82) is 0 Å². The van der Waals surface area contributed by atoms with Crippen LogP contribution in [0.25, 0.3) is 0 Å². The summed E-state index contributed by atoms with van der Waals surface area (Å²) >= 11 is 0. The Morgan fingerprint density at radius 3 is 2.14 bits per heavy atom. The fourth-order valence-corrected chi connectivity index (χ4v) is 2.70. The SMILES string of the molecule is COc1ccc(N[C@@H](C)C(=O)Nc2ccc(Oc3ccccc3)cc2)c(OC)c1. The zero-order valence-corrected chi connectivity index (χ0v) is 16.6. The zero-order valence-electron chi connectivity index (χ0n) is 16.6. The fraction of sp³-hybridized carbons (Fsp3) is 0.174. The molecule has 0 radical (unpaired) electrons. The van der Waals surface area contributed by atoms with Crippen LogP contribution in [0.1, 0.15) is 6.92 Å². The molecule has 1 atom stereocenters. The summed E-state index contributed by atoms with van der Waals surface area (Å²) in [4.78, 5) is 12.5. The van der Waals surface area contributed by atoms with Crippen LogP contribution in [0.2, 0.25) is 0 Å². The highest BCUT2D eigenvalue weighted by Crippen LogP contribution is 2.29. The molecule has 0 heterocycles. The van der Waals surface area contributed by atoms with Crippen LogP contribution in [0, 0.1) is 0 Å². The smallest absolute Gasteiger partial charge is 0.246 e. The molecule has 0 spiro atoms. The number of hydrogen-bond acceptors (Lipinski definition) is 5. The summed E-state index contributed by atoms with van der Waals surface area (Å²) in [6.07, 6.45) is 0. The Labute approximate surface area is 170 Å². The number of para-hydroxylation sites is 1. The molecule has 0 aromatic heterocycles. The van der Waals surface area contributed by atoms with Gasteiger partial charge in [0.2, 0.25) is 5.91 Å². The van der Waals surface area contributed by atoms with Crippen molar-refractivity contribution in [2.75, 3.05) is 24.9 Å². The molecule has 6 nitrogen and oxygen atoms in total. The Hall–Kier alpha value is -3.67. The maximum absolute atomic E-state index is 12.5. The van der Waals surface area contributed by atoms with E-state index >= 15 is 0 Å². The van der Waals surface area contributed by atoms with Gasteiger partial charge >= 0.3 is 0 Å². The number of carbonyl (C=O) groups is 1. The van der Waals surface area contributed by atoms with Gasteiger partial charge in [0.25, 0.3) is 0 Å². The van der Waals surface area contributed by atoms with E-state index in [0.717, 1.165) is 5.75 Å². The van der Waals surface area contributed by atoms with Crippen LogP contribution >= 0.6 is 0 Å². The standard InChI is InChI=1S/C23H24N2O4/c1-16(24-21-14-13-20(27-2)15-22(21)28-3)23(26)25-17-9-11-19(12-10-17)29-18-7-5-4-6-8-18/h4-16,24H,1-3H3,(H,25,26)/t16-/m0/s1. The van der Waals surface area contributed by atoms with Crippen LogP contribution in [-0.4, -0.2) is 26.2 Å². The number of rotatable bonds is 8. The van der Waals surface area contributed by atoms with Gasteiger partial charge in [-0.15, -0.1) is 0 Å². The zero-order chi connectivity index (χ0) is 20.6. The fourth-order valence-electron chi connectivity index (χ4n) is 2.70. The molecule has 6 heteroatoms. The topological polar surface area (TPSA) is 68.8 Å². The second kappa shape index (κ2) is 9.50. The molecule has 0 aliphatic carbocycles. The second-order valence-corrected chi connectivity index (χ2v) is 6.36. The summed E-state index contributed by atoms with van der Waals surface area (Å²) in [6, 6.07) is 21.7. The lowest BCUT2D eigenvalue weighted by Gasteiger charge is -2.18. The number of ether oxygens (including phenoxy) is 3. The van der Waals surface area contributed by atoms with Crippen molar-refractivity contribution in [2.45, 2.75) is 13.0 Å². The first-order valence-corrected chi connectivity index (χ1v) is 9.21. The van der Waals surface area contributed by atoms with Crippen molar-refractivity contribution in [3.8, 4) is 23.0 Å². The molecule has 3 aromatic rings. The van der Waals surface area contributed by atoms with Gasteiger partial charge in [-0.05, 0) is 55.5 Å². The van der Waals surface area contributed by atoms with Gasteiger partial charge in [0.05, 0.1) is 19.9 Å². The summed E-state index contributed by atoms with van der Waals surface area (Å²) in [7, 11) is 3.16. The van der Waals surface area contributed by atoms with Crippen molar-refractivity contribution in [3.63, 3.8) is 0 Å². The molecule has 3 aromatic carbocycles. The maximum Gasteiger partial charge on any atom is 0.246 e. The van der Waals surface area contributed by atoms with Gasteiger partial charge in [0, 0.05) is 11.8 Å². The predicted octanol–water partition coefficient (Wildman–Crippen LogP) is 4.94. The minimum absolute atomic E-state index is 0.167. The highest BCUT2D eigenvalue weighted by atomic mass is 16.5. The molecule has 150 valence electrons. The summed E-state index contributed by atoms with van der Waals surface area (Å²) in [5.74, 6) is 2.58. The van der Waals surface area contributed by atoms with Gasteiger partial charge in [-0.1, -0.05) is 18.2 Å². The largest absolute Gasteiger partial charge is 0.497 e. The Balaban J connectivity index is 1.59. The van der Waals surface area contributed by atoms with Gasteiger partial charge in [0.1, 0.15) is 29.0 Å². The molecule has 0 unspecified atom stereocenters. The van der Waals surface area contributed by atoms with E-state index in [1.807, 2.05) is 48.5 Å². The van der Waals surface area contributed by atoms with E-state index < -0.39 is 6.04 Å². The van der Waals surface area contributed by atoms with Crippen LogP contribution in [0.4, 0.5) is 11.4 Å². The van der Waals surface area contributed by atoms with Crippen molar-refractivity contribution < 1.29 is 19.0 Å². The lowest BCUT2D eigenvalue weighted by molar-refractivity contribution is -0.116. The number of benzene rings is 3. The third-order valence-electron chi connectivity index (χ3n) is 4.27. The van der Waals surface area contributed by atoms with E-state index in [4.69, 9.17) is 14.2 Å². The van der Waals surface area contributed by atoms with Crippen molar-refractivity contribution in [3.05, 3.63) is 72.8 Å². The number of carbonyl (C=O) groups excluding carboxylic acids is 1. The van der Waals surface area contributed by atoms with E-state index in [9.17, 15) is 4.79 Å². The molecule has 3 rings (SSSR count). The highest BCUT2D eigenvalue weighted by Gasteiger charge is 2.15. The van der Waals surface area contributed by atoms with Gasteiger partial charge in [-0.2, -0.15) is 0 Å². The average Bonchev–Trinajstić information content (AvgIpc) is 2.76. The Bertz CT molecular complexity index is 943. The van der Waals surface area contributed by atoms with E-state index in [0.29, 0.717) is 28.6 Å². The van der Waals surface area contributed by atoms with Crippen LogP contribution in [0.5, 0.6) is 23.0 Å². The van der Waals surface area contributed by atoms with Crippen molar-refractivity contribution >= 4 is 17.3 Å². The number of hydrogen-bond donors (Lipinski definition) is 2. The van der Waals surface area contributed by atoms with Gasteiger partial charge < -0.3 is 24.8 Å². The first kappa shape index (κ1) is 20.1. The Morgan fingerprint density at radius 2 is 1.48 bits per heavy atom. The first-order valence-electron chi connectivity index (χ1n) is 9.21. The molecule has 0 aliphatic heterocycles. The van der Waals surface area contributed by atoms with E-state index in [-0.39, 0.29) is 5.91 Å². The molecule has 0 saturated heterocycles. The quantitative estimate of drug-likeness (QED) is 0.569. The Morgan fingerprint density at radius 1 is 0.828 bits per heavy atom. The lowest BCUT2D eigenvalue weighted by atomic mass is 10.2. The van der Waals surface area contributed by atoms with Crippen molar-refractivity contribution in [2.24, 2.45) is 0 Å². The molecular weight excluding hydrogens is 368 g/mol. The summed E-state index contributed by atoms with van der Waals surface area (Å²) in [5, 5.41) is 6.05. The maximum atomic E-state index is 12.5. The molecule has 0 saturated carbocycles. The van der Waals surface area contributed by atoms with Crippen molar-refractivity contribution in [1.82, 2.24) is 0 Å². The number of nitrogens with one attached hydrogen (secondary N) is 2. The molecule has 29 heavy (non-hydrogen) atoms. The Kier molecular flexibility index (Phi) is 6.58. The third-order valence-corrected chi connectivity index (χ3v) is 4.27. The molecule has 0 fully saturated rings. The second-order valence-electron chi connectivity index (χ2n) is 6.36. The number of amides is 1. The molecule has 0 bridgehead atoms. The van der Waals surface area contributed by atoms with Crippen LogP contribution in [0.15, 0.2) is 72.8 Å². The summed E-state index contributed by atoms with van der Waals surface area (Å²) in [6.45, 7) is 1.78. The normalized spacial score (nSPS) is 11.3. The lowest BCUT2D eigenvalue weighted by Crippen LogP contribution is -2.32. The van der Waals surface area contributed by atoms with Gasteiger partial charge in [-0.25, -0.2) is 0 Å². The minimum atomic E-state index is -0.474. The van der Waals surface area contributed by atoms with Crippen LogP contribution in [0.3, 0.4) is 0 Å². The summed E-state index contributed by atoms with van der Waals surface area (Å²) in [5.41, 5.74) is 1.40.